The molecule has 2 nitrogen and oxygen atoms in total. The molecular formula is C8H7ClN2. The van der Waals surface area contributed by atoms with Crippen molar-refractivity contribution in [2.75, 3.05) is 0 Å². The lowest BCUT2D eigenvalue weighted by atomic mass is 10.2. The number of aromatic nitrogens is 2. The second-order valence-electron chi connectivity index (χ2n) is 2.19. The van der Waals surface area contributed by atoms with Gasteiger partial charge in [-0.15, -0.1) is 11.6 Å². The van der Waals surface area contributed by atoms with Crippen molar-refractivity contribution < 1.29 is 2.74 Å². The molecule has 0 bridgehead atoms. The van der Waals surface area contributed by atoms with E-state index in [4.69, 9.17) is 14.3 Å². The molecule has 0 aromatic carbocycles. The van der Waals surface area contributed by atoms with Crippen molar-refractivity contribution in [3.8, 4) is 0 Å². The highest BCUT2D eigenvalue weighted by atomic mass is 35.5. The average Bonchev–Trinajstić information content (AvgIpc) is 2.48. The van der Waals surface area contributed by atoms with Crippen molar-refractivity contribution in [3.63, 3.8) is 0 Å². The van der Waals surface area contributed by atoms with Crippen molar-refractivity contribution >= 4 is 22.6 Å². The second kappa shape index (κ2) is 2.55. The quantitative estimate of drug-likeness (QED) is 0.651. The molecule has 0 saturated heterocycles. The lowest BCUT2D eigenvalue weighted by Crippen LogP contribution is -1.81. The largest absolute Gasteiger partial charge is 0.346 e. The van der Waals surface area contributed by atoms with Crippen LogP contribution in [-0.2, 0) is 5.83 Å². The highest BCUT2D eigenvalue weighted by Gasteiger charge is 1.99. The number of nitrogens with one attached hydrogen (secondary N) is 1. The van der Waals surface area contributed by atoms with Gasteiger partial charge in [-0.05, 0) is 17.7 Å². The van der Waals surface area contributed by atoms with E-state index < -0.39 is 5.83 Å². The number of halogens is 1. The standard InChI is InChI=1S/C8H7ClN2/c9-5-6-1-3-10-8-7(6)2-4-11-8/h1-4H,5H2,(H,10,11)/i5D2. The topological polar surface area (TPSA) is 28.7 Å². The Balaban J connectivity index is 2.75. The summed E-state index contributed by atoms with van der Waals surface area (Å²) in [7, 11) is 0. The van der Waals surface area contributed by atoms with Crippen LogP contribution in [-0.4, -0.2) is 9.97 Å². The zero-order valence-corrected chi connectivity index (χ0v) is 6.39. The maximum absolute atomic E-state index is 7.38. The Bertz CT molecular complexity index is 433. The maximum Gasteiger partial charge on any atom is 0.137 e. The minimum absolute atomic E-state index is 0.445. The van der Waals surface area contributed by atoms with E-state index in [9.17, 15) is 0 Å². The van der Waals surface area contributed by atoms with Gasteiger partial charge in [0.15, 0.2) is 0 Å². The van der Waals surface area contributed by atoms with E-state index in [-0.39, 0.29) is 0 Å². The molecule has 0 saturated carbocycles. The van der Waals surface area contributed by atoms with Gasteiger partial charge in [0.05, 0.1) is 0 Å². The number of nitrogens with zero attached hydrogens (tertiary/aromatic N) is 1. The highest BCUT2D eigenvalue weighted by Crippen LogP contribution is 2.16. The third kappa shape index (κ3) is 0.994. The van der Waals surface area contributed by atoms with Crippen LogP contribution in [0.3, 0.4) is 0 Å². The number of hydrogen-bond donors (Lipinski definition) is 1. The van der Waals surface area contributed by atoms with Crippen LogP contribution in [0.2, 0.25) is 0 Å². The summed E-state index contributed by atoms with van der Waals surface area (Å²) in [6.07, 6.45) is 3.25. The zero-order valence-electron chi connectivity index (χ0n) is 7.63. The number of alkyl halides is 1. The van der Waals surface area contributed by atoms with E-state index in [0.717, 1.165) is 5.39 Å². The van der Waals surface area contributed by atoms with E-state index in [1.807, 2.05) is 0 Å². The number of hydrogen-bond acceptors (Lipinski definition) is 1. The minimum Gasteiger partial charge on any atom is -0.346 e. The Kier molecular flexibility index (Phi) is 1.11. The number of pyridine rings is 1. The molecule has 0 aliphatic carbocycles. The van der Waals surface area contributed by atoms with Crippen LogP contribution in [0.4, 0.5) is 0 Å². The summed E-state index contributed by atoms with van der Waals surface area (Å²) in [5.74, 6) is -1.84. The molecule has 0 spiro atoms. The molecule has 2 rings (SSSR count). The SMILES string of the molecule is [2H]C([2H])(Cl)c1ccnc2[nH]ccc12. The summed E-state index contributed by atoms with van der Waals surface area (Å²) >= 11 is 5.59. The molecule has 56 valence electrons. The van der Waals surface area contributed by atoms with Crippen LogP contribution in [0.1, 0.15) is 8.30 Å². The molecule has 0 aliphatic rings. The normalized spacial score (nSPS) is 14.6. The number of rotatable bonds is 1. The molecule has 2 aromatic heterocycles. The first-order valence-electron chi connectivity index (χ1n) is 4.20. The van der Waals surface area contributed by atoms with E-state index in [1.165, 1.54) is 6.20 Å². The molecule has 0 fully saturated rings. The van der Waals surface area contributed by atoms with Gasteiger partial charge >= 0.3 is 0 Å². The molecule has 0 amide bonds. The van der Waals surface area contributed by atoms with Crippen molar-refractivity contribution in [2.45, 2.75) is 5.83 Å². The lowest BCUT2D eigenvalue weighted by Gasteiger charge is -1.94. The average molecular weight is 169 g/mol. The lowest BCUT2D eigenvalue weighted by molar-refractivity contribution is 1.30. The molecule has 1 N–H and O–H groups in total. The predicted molar refractivity (Wildman–Crippen MR) is 45.7 cm³/mol. The Morgan fingerprint density at radius 1 is 1.64 bits per heavy atom. The fourth-order valence-corrected chi connectivity index (χ4v) is 1.21. The summed E-state index contributed by atoms with van der Waals surface area (Å²) in [5, 5.41) is 0.725. The summed E-state index contributed by atoms with van der Waals surface area (Å²) in [5.41, 5.74) is 1.10. The van der Waals surface area contributed by atoms with Crippen molar-refractivity contribution in [1.29, 1.82) is 0 Å². The van der Waals surface area contributed by atoms with Gasteiger partial charge in [0.1, 0.15) is 5.65 Å². The third-order valence-electron chi connectivity index (χ3n) is 1.56. The molecule has 2 heterocycles. The second-order valence-corrected chi connectivity index (χ2v) is 2.38. The van der Waals surface area contributed by atoms with Crippen LogP contribution in [0.15, 0.2) is 24.5 Å². The van der Waals surface area contributed by atoms with Crippen LogP contribution < -0.4 is 0 Å². The van der Waals surface area contributed by atoms with E-state index in [2.05, 4.69) is 9.97 Å². The van der Waals surface area contributed by atoms with Crippen LogP contribution in [0.25, 0.3) is 11.0 Å². The van der Waals surface area contributed by atoms with Crippen molar-refractivity contribution in [2.24, 2.45) is 0 Å². The molecule has 0 unspecified atom stereocenters. The van der Waals surface area contributed by atoms with Crippen molar-refractivity contribution in [1.82, 2.24) is 9.97 Å². The molecule has 0 aliphatic heterocycles. The van der Waals surface area contributed by atoms with Gasteiger partial charge in [-0.3, -0.25) is 0 Å². The van der Waals surface area contributed by atoms with Gasteiger partial charge in [-0.25, -0.2) is 4.98 Å². The van der Waals surface area contributed by atoms with Crippen LogP contribution in [0.5, 0.6) is 0 Å². The van der Waals surface area contributed by atoms with Gasteiger partial charge in [-0.2, -0.15) is 0 Å². The van der Waals surface area contributed by atoms with Crippen LogP contribution >= 0.6 is 11.6 Å². The molecule has 0 radical (unpaired) electrons. The Morgan fingerprint density at radius 3 is 3.36 bits per heavy atom. The summed E-state index contributed by atoms with van der Waals surface area (Å²) in [6, 6.07) is 3.35. The van der Waals surface area contributed by atoms with E-state index in [0.29, 0.717) is 11.2 Å². The Labute approximate surface area is 72.0 Å². The van der Waals surface area contributed by atoms with E-state index in [1.54, 1.807) is 18.3 Å². The molecule has 0 atom stereocenters. The highest BCUT2D eigenvalue weighted by molar-refractivity contribution is 6.17. The molecule has 3 heteroatoms. The first-order chi connectivity index (χ1) is 6.09. The minimum atomic E-state index is -1.84. The summed E-state index contributed by atoms with van der Waals surface area (Å²) < 4.78 is 14.8. The van der Waals surface area contributed by atoms with E-state index >= 15 is 0 Å². The van der Waals surface area contributed by atoms with Gasteiger partial charge in [0.2, 0.25) is 0 Å². The monoisotopic (exact) mass is 168 g/mol. The smallest absolute Gasteiger partial charge is 0.137 e. The van der Waals surface area contributed by atoms with Gasteiger partial charge in [-0.1, -0.05) is 0 Å². The molecule has 2 aromatic rings. The summed E-state index contributed by atoms with van der Waals surface area (Å²) in [6.45, 7) is 0. The summed E-state index contributed by atoms with van der Waals surface area (Å²) in [4.78, 5) is 6.93. The van der Waals surface area contributed by atoms with Crippen LogP contribution in [0, 0.1) is 0 Å². The van der Waals surface area contributed by atoms with Crippen molar-refractivity contribution in [3.05, 3.63) is 30.1 Å². The Hall–Kier alpha value is -1.02. The van der Waals surface area contributed by atoms with Gasteiger partial charge in [0.25, 0.3) is 0 Å². The first-order valence-corrected chi connectivity index (χ1v) is 3.58. The number of aromatic amines is 1. The van der Waals surface area contributed by atoms with Gasteiger partial charge < -0.3 is 4.98 Å². The zero-order chi connectivity index (χ0) is 9.47. The fourth-order valence-electron chi connectivity index (χ4n) is 1.04. The maximum atomic E-state index is 7.38. The first kappa shape index (κ1) is 4.78. The predicted octanol–water partition coefficient (Wildman–Crippen LogP) is 2.30. The number of fused-ring (bicyclic) bond motifs is 1. The number of H-pyrrole nitrogens is 1. The molecule has 11 heavy (non-hydrogen) atoms. The fraction of sp³-hybridized carbons (Fsp3) is 0.125. The third-order valence-corrected chi connectivity index (χ3v) is 1.77. The Morgan fingerprint density at radius 2 is 2.55 bits per heavy atom. The molecular weight excluding hydrogens is 160 g/mol. The van der Waals surface area contributed by atoms with Gasteiger partial charge in [0, 0.05) is 26.4 Å².